The zero-order valence-electron chi connectivity index (χ0n) is 21.1. The number of esters is 1. The lowest BCUT2D eigenvalue weighted by atomic mass is 9.68. The van der Waals surface area contributed by atoms with E-state index < -0.39 is 29.4 Å². The van der Waals surface area contributed by atoms with E-state index in [1.807, 2.05) is 41.3 Å². The minimum Gasteiger partial charge on any atom is -0.497 e. The highest BCUT2D eigenvalue weighted by molar-refractivity contribution is 9.10. The highest BCUT2D eigenvalue weighted by atomic mass is 79.9. The van der Waals surface area contributed by atoms with Gasteiger partial charge in [-0.2, -0.15) is 5.26 Å². The summed E-state index contributed by atoms with van der Waals surface area (Å²) in [6.45, 7) is 0. The minimum atomic E-state index is -1.70. The molecule has 2 aliphatic rings. The maximum absolute atomic E-state index is 14.5. The van der Waals surface area contributed by atoms with Crippen LogP contribution in [-0.2, 0) is 9.53 Å². The molecule has 38 heavy (non-hydrogen) atoms. The number of para-hydroxylation sites is 1. The Bertz CT molecular complexity index is 1480. The summed E-state index contributed by atoms with van der Waals surface area (Å²) >= 11 is 3.48. The zero-order chi connectivity index (χ0) is 27.0. The van der Waals surface area contributed by atoms with Gasteiger partial charge in [0.1, 0.15) is 17.5 Å². The molecule has 0 spiro atoms. The fourth-order valence-electron chi connectivity index (χ4n) is 5.71. The van der Waals surface area contributed by atoms with Gasteiger partial charge in [-0.3, -0.25) is 9.59 Å². The van der Waals surface area contributed by atoms with Gasteiger partial charge in [0.05, 0.1) is 37.9 Å². The first-order valence-corrected chi connectivity index (χ1v) is 12.8. The first kappa shape index (κ1) is 25.6. The highest BCUT2D eigenvalue weighted by Crippen LogP contribution is 2.56. The molecular weight excluding hydrogens is 548 g/mol. The molecule has 0 radical (unpaired) electrons. The minimum absolute atomic E-state index is 0.231. The van der Waals surface area contributed by atoms with Gasteiger partial charge in [-0.1, -0.05) is 42.5 Å². The Morgan fingerprint density at radius 1 is 1.00 bits per heavy atom. The van der Waals surface area contributed by atoms with E-state index in [0.717, 1.165) is 11.3 Å². The maximum Gasteiger partial charge on any atom is 0.329 e. The van der Waals surface area contributed by atoms with Crippen molar-refractivity contribution in [1.82, 2.24) is 0 Å². The van der Waals surface area contributed by atoms with Gasteiger partial charge in [0, 0.05) is 17.2 Å². The Kier molecular flexibility index (Phi) is 6.72. The molecule has 7 nitrogen and oxygen atoms in total. The van der Waals surface area contributed by atoms with Crippen LogP contribution in [0, 0.1) is 16.7 Å². The predicted octanol–water partition coefficient (Wildman–Crippen LogP) is 5.40. The molecule has 3 aromatic carbocycles. The summed E-state index contributed by atoms with van der Waals surface area (Å²) < 4.78 is 16.6. The molecule has 0 unspecified atom stereocenters. The fourth-order valence-corrected chi connectivity index (χ4v) is 6.25. The van der Waals surface area contributed by atoms with Crippen molar-refractivity contribution >= 4 is 39.4 Å². The SMILES string of the molecule is COC(=O)[C@@]1(C#N)[C@@H](c2ccc(OC)cc2)[C@H](C(=O)c2ccc(OC)c(Br)c2)N2c3ccccc3C=C[C@@H]21. The molecule has 8 heteroatoms. The molecule has 1 saturated heterocycles. The Morgan fingerprint density at radius 3 is 2.37 bits per heavy atom. The van der Waals surface area contributed by atoms with E-state index in [0.29, 0.717) is 27.1 Å². The normalized spacial score (nSPS) is 23.1. The standard InChI is InChI=1S/C30H25BrN2O5/c1-36-21-12-8-19(9-13-21)26-27(28(34)20-10-14-24(37-2)22(31)16-20)33-23-7-5-4-6-18(23)11-15-25(33)30(26,17-32)29(35)38-3/h4-16,25-27H,1-3H3/t25-,26+,27-,30-/m1/s1. The first-order valence-electron chi connectivity index (χ1n) is 12.0. The van der Waals surface area contributed by atoms with E-state index in [4.69, 9.17) is 14.2 Å². The lowest BCUT2D eigenvalue weighted by Crippen LogP contribution is -2.46. The number of carbonyl (C=O) groups excluding carboxylic acids is 2. The smallest absolute Gasteiger partial charge is 0.329 e. The number of benzene rings is 3. The summed E-state index contributed by atoms with van der Waals surface area (Å²) in [5.74, 6) is -0.557. The summed E-state index contributed by atoms with van der Waals surface area (Å²) in [6.07, 6.45) is 3.73. The number of hydrogen-bond donors (Lipinski definition) is 0. The molecule has 5 rings (SSSR count). The van der Waals surface area contributed by atoms with Crippen molar-refractivity contribution in [3.63, 3.8) is 0 Å². The van der Waals surface area contributed by atoms with Gasteiger partial charge >= 0.3 is 5.97 Å². The van der Waals surface area contributed by atoms with Gasteiger partial charge in [-0.15, -0.1) is 0 Å². The summed E-state index contributed by atoms with van der Waals surface area (Å²) in [7, 11) is 4.39. The maximum atomic E-state index is 14.5. The van der Waals surface area contributed by atoms with Crippen LogP contribution in [0.1, 0.15) is 27.4 Å². The summed E-state index contributed by atoms with van der Waals surface area (Å²) in [4.78, 5) is 30.0. The average Bonchev–Trinajstić information content (AvgIpc) is 3.28. The summed E-state index contributed by atoms with van der Waals surface area (Å²) in [5.41, 5.74) is 1.04. The van der Waals surface area contributed by atoms with Crippen molar-refractivity contribution in [2.75, 3.05) is 26.2 Å². The van der Waals surface area contributed by atoms with E-state index in [-0.39, 0.29) is 5.78 Å². The molecule has 0 amide bonds. The van der Waals surface area contributed by atoms with Crippen molar-refractivity contribution in [3.8, 4) is 17.6 Å². The lowest BCUT2D eigenvalue weighted by molar-refractivity contribution is -0.150. The fraction of sp³-hybridized carbons (Fsp3) is 0.233. The molecule has 0 bridgehead atoms. The molecular formula is C30H25BrN2O5. The van der Waals surface area contributed by atoms with Crippen molar-refractivity contribution in [3.05, 3.63) is 94.0 Å². The zero-order valence-corrected chi connectivity index (χ0v) is 22.6. The van der Waals surface area contributed by atoms with Crippen LogP contribution in [0.15, 0.2) is 77.3 Å². The van der Waals surface area contributed by atoms with Gasteiger partial charge in [0.2, 0.25) is 0 Å². The van der Waals surface area contributed by atoms with Gasteiger partial charge < -0.3 is 19.1 Å². The first-order chi connectivity index (χ1) is 18.4. The molecule has 0 aromatic heterocycles. The highest BCUT2D eigenvalue weighted by Gasteiger charge is 2.67. The number of Topliss-reactive ketones (excluding diaryl/α,β-unsaturated/α-hetero) is 1. The summed E-state index contributed by atoms with van der Waals surface area (Å²) in [5, 5.41) is 10.7. The van der Waals surface area contributed by atoms with Crippen molar-refractivity contribution in [2.24, 2.45) is 5.41 Å². The van der Waals surface area contributed by atoms with Gasteiger partial charge in [0.25, 0.3) is 0 Å². The van der Waals surface area contributed by atoms with E-state index in [1.54, 1.807) is 56.7 Å². The Hall–Kier alpha value is -4.09. The number of anilines is 1. The molecule has 4 atom stereocenters. The van der Waals surface area contributed by atoms with E-state index in [9.17, 15) is 14.9 Å². The van der Waals surface area contributed by atoms with Crippen LogP contribution >= 0.6 is 15.9 Å². The van der Waals surface area contributed by atoms with Gasteiger partial charge in [-0.05, 0) is 63.5 Å². The second kappa shape index (κ2) is 9.99. The second-order valence-corrected chi connectivity index (χ2v) is 10.0. The number of fused-ring (bicyclic) bond motifs is 3. The van der Waals surface area contributed by atoms with E-state index >= 15 is 0 Å². The third-order valence-electron chi connectivity index (χ3n) is 7.43. The third kappa shape index (κ3) is 3.77. The van der Waals surface area contributed by atoms with Crippen molar-refractivity contribution in [1.29, 1.82) is 5.26 Å². The van der Waals surface area contributed by atoms with Crippen LogP contribution in [0.5, 0.6) is 11.5 Å². The van der Waals surface area contributed by atoms with Crippen LogP contribution in [0.2, 0.25) is 0 Å². The number of rotatable bonds is 6. The topological polar surface area (TPSA) is 88.9 Å². The Morgan fingerprint density at radius 2 is 1.74 bits per heavy atom. The number of nitrogens with zero attached hydrogens (tertiary/aromatic N) is 2. The van der Waals surface area contributed by atoms with E-state index in [2.05, 4.69) is 22.0 Å². The molecule has 2 heterocycles. The van der Waals surface area contributed by atoms with Gasteiger partial charge in [-0.25, -0.2) is 0 Å². The quantitative estimate of drug-likeness (QED) is 0.288. The summed E-state index contributed by atoms with van der Waals surface area (Å²) in [6, 6.07) is 20.6. The van der Waals surface area contributed by atoms with Crippen LogP contribution in [-0.4, -0.2) is 45.2 Å². The molecule has 192 valence electrons. The second-order valence-electron chi connectivity index (χ2n) is 9.15. The van der Waals surface area contributed by atoms with Crippen LogP contribution in [0.25, 0.3) is 6.08 Å². The molecule has 2 aliphatic heterocycles. The number of halogens is 1. The monoisotopic (exact) mass is 572 g/mol. The van der Waals surface area contributed by atoms with Crippen LogP contribution in [0.3, 0.4) is 0 Å². The van der Waals surface area contributed by atoms with Crippen LogP contribution in [0.4, 0.5) is 5.69 Å². The van der Waals surface area contributed by atoms with Gasteiger partial charge in [0.15, 0.2) is 11.2 Å². The number of ether oxygens (including phenoxy) is 3. The number of ketones is 1. The largest absolute Gasteiger partial charge is 0.497 e. The molecule has 3 aromatic rings. The molecule has 0 N–H and O–H groups in total. The predicted molar refractivity (Wildman–Crippen MR) is 146 cm³/mol. The Labute approximate surface area is 229 Å². The number of hydrogen-bond acceptors (Lipinski definition) is 7. The number of nitriles is 1. The Balaban J connectivity index is 1.79. The third-order valence-corrected chi connectivity index (χ3v) is 8.05. The lowest BCUT2D eigenvalue weighted by Gasteiger charge is -2.36. The number of carbonyl (C=O) groups is 2. The molecule has 0 aliphatic carbocycles. The van der Waals surface area contributed by atoms with Crippen LogP contribution < -0.4 is 14.4 Å². The molecule has 1 fully saturated rings. The van der Waals surface area contributed by atoms with Crippen molar-refractivity contribution in [2.45, 2.75) is 18.0 Å². The molecule has 0 saturated carbocycles. The van der Waals surface area contributed by atoms with E-state index in [1.165, 1.54) is 7.11 Å². The van der Waals surface area contributed by atoms with Crippen molar-refractivity contribution < 1.29 is 23.8 Å². The number of methoxy groups -OCH3 is 3. The average molecular weight is 573 g/mol.